The van der Waals surface area contributed by atoms with Crippen LogP contribution < -0.4 is 5.73 Å². The third-order valence-corrected chi connectivity index (χ3v) is 0.263. The summed E-state index contributed by atoms with van der Waals surface area (Å²) in [5.41, 5.74) is 15.5. The van der Waals surface area contributed by atoms with Gasteiger partial charge >= 0.3 is 0 Å². The lowest BCUT2D eigenvalue weighted by molar-refractivity contribution is 0.939. The van der Waals surface area contributed by atoms with Gasteiger partial charge in [0, 0.05) is 18.0 Å². The van der Waals surface area contributed by atoms with Gasteiger partial charge in [-0.2, -0.15) is 0 Å². The summed E-state index contributed by atoms with van der Waals surface area (Å²) in [5.74, 6) is 0. The van der Waals surface area contributed by atoms with Crippen molar-refractivity contribution in [2.75, 3.05) is 13.1 Å². The van der Waals surface area contributed by atoms with Crippen molar-refractivity contribution in [2.45, 2.75) is 0 Å². The number of nitrogens with zero attached hydrogens (tertiary/aromatic N) is 4. The Morgan fingerprint density at radius 2 is 2.50 bits per heavy atom. The van der Waals surface area contributed by atoms with Gasteiger partial charge in [-0.05, 0) is 5.53 Å². The summed E-state index contributed by atoms with van der Waals surface area (Å²) in [7, 11) is 0. The Balaban J connectivity index is 2.86. The molecule has 0 atom stereocenters. The van der Waals surface area contributed by atoms with Crippen LogP contribution >= 0.6 is 0 Å². The average molecular weight is 84.1 g/mol. The molecular formula is C2H4N4. The van der Waals surface area contributed by atoms with Crippen LogP contribution in [0.5, 0.6) is 0 Å². The largest absolute Gasteiger partial charge is 0.145 e. The third-order valence-electron chi connectivity index (χ3n) is 0.263. The van der Waals surface area contributed by atoms with Crippen molar-refractivity contribution >= 4 is 0 Å². The van der Waals surface area contributed by atoms with Crippen LogP contribution in [0.1, 0.15) is 0 Å². The molecule has 0 bridgehead atoms. The Morgan fingerprint density at radius 3 is 2.67 bits per heavy atom. The smallest absolute Gasteiger partial charge is 0.0415 e. The molecule has 4 nitrogen and oxygen atoms in total. The second-order valence-corrected chi connectivity index (χ2v) is 0.678. The minimum absolute atomic E-state index is 0.0654. The zero-order valence-electron chi connectivity index (χ0n) is 3.20. The van der Waals surface area contributed by atoms with Gasteiger partial charge in [0.25, 0.3) is 0 Å². The summed E-state index contributed by atoms with van der Waals surface area (Å²) >= 11 is 0. The van der Waals surface area contributed by atoms with Crippen molar-refractivity contribution in [1.29, 1.82) is 0 Å². The fourth-order valence-corrected chi connectivity index (χ4v) is 0.0894. The maximum atomic E-state index is 7.93. The molecule has 0 saturated heterocycles. The molecule has 2 radical (unpaired) electrons. The van der Waals surface area contributed by atoms with Crippen LogP contribution in [0.2, 0.25) is 0 Å². The van der Waals surface area contributed by atoms with Gasteiger partial charge in [-0.15, -0.1) is 5.73 Å². The monoisotopic (exact) mass is 84.0 g/mol. The van der Waals surface area contributed by atoms with E-state index in [1.165, 1.54) is 0 Å². The van der Waals surface area contributed by atoms with Crippen molar-refractivity contribution in [3.05, 3.63) is 10.4 Å². The predicted molar refractivity (Wildman–Crippen MR) is 21.0 cm³/mol. The highest BCUT2D eigenvalue weighted by Gasteiger charge is 1.68. The first-order chi connectivity index (χ1) is 2.91. The summed E-state index contributed by atoms with van der Waals surface area (Å²) < 4.78 is 0. The van der Waals surface area contributed by atoms with Crippen molar-refractivity contribution in [1.82, 2.24) is 5.73 Å². The molecule has 0 aromatic rings. The van der Waals surface area contributed by atoms with Crippen LogP contribution in [0, 0.1) is 0 Å². The molecule has 6 heavy (non-hydrogen) atoms. The Morgan fingerprint density at radius 1 is 1.83 bits per heavy atom. The number of rotatable bonds is 2. The SMILES string of the molecule is [N]CCN=[N+]=[N-]. The highest BCUT2D eigenvalue weighted by Crippen LogP contribution is 1.63. The normalized spacial score (nSPS) is 6.83. The van der Waals surface area contributed by atoms with Crippen LogP contribution in [0.4, 0.5) is 0 Å². The van der Waals surface area contributed by atoms with Crippen LogP contribution in [-0.2, 0) is 0 Å². The number of hydrogen-bond donors (Lipinski definition) is 0. The topological polar surface area (TPSA) is 71.1 Å². The van der Waals surface area contributed by atoms with Crippen molar-refractivity contribution in [3.63, 3.8) is 0 Å². The summed E-state index contributed by atoms with van der Waals surface area (Å²) in [6.07, 6.45) is 0. The van der Waals surface area contributed by atoms with Gasteiger partial charge in [0.1, 0.15) is 0 Å². The quantitative estimate of drug-likeness (QED) is 0.263. The first-order valence-corrected chi connectivity index (χ1v) is 1.53. The molecule has 0 unspecified atom stereocenters. The van der Waals surface area contributed by atoms with E-state index in [2.05, 4.69) is 10.0 Å². The van der Waals surface area contributed by atoms with Gasteiger partial charge in [0.2, 0.25) is 0 Å². The van der Waals surface area contributed by atoms with Gasteiger partial charge in [0.15, 0.2) is 0 Å². The molecule has 0 spiro atoms. The van der Waals surface area contributed by atoms with E-state index in [4.69, 9.17) is 11.3 Å². The van der Waals surface area contributed by atoms with E-state index in [1.54, 1.807) is 0 Å². The Labute approximate surface area is 35.6 Å². The first-order valence-electron chi connectivity index (χ1n) is 1.53. The van der Waals surface area contributed by atoms with E-state index in [9.17, 15) is 0 Å². The lowest BCUT2D eigenvalue weighted by atomic mass is 10.7. The zero-order valence-corrected chi connectivity index (χ0v) is 3.20. The second-order valence-electron chi connectivity index (χ2n) is 0.678. The molecule has 0 rings (SSSR count). The lowest BCUT2D eigenvalue weighted by Crippen LogP contribution is -1.85. The van der Waals surface area contributed by atoms with E-state index >= 15 is 0 Å². The first kappa shape index (κ1) is 5.27. The minimum atomic E-state index is -0.0654. The molecular weight excluding hydrogens is 80.0 g/mol. The summed E-state index contributed by atoms with van der Waals surface area (Å²) in [4.78, 5) is 2.39. The van der Waals surface area contributed by atoms with Crippen LogP contribution in [0.15, 0.2) is 5.11 Å². The van der Waals surface area contributed by atoms with Crippen molar-refractivity contribution in [3.8, 4) is 0 Å². The fourth-order valence-electron chi connectivity index (χ4n) is 0.0894. The fraction of sp³-hybridized carbons (Fsp3) is 1.00. The third kappa shape index (κ3) is 3.27. The van der Waals surface area contributed by atoms with Gasteiger partial charge < -0.3 is 0 Å². The molecule has 0 amide bonds. The van der Waals surface area contributed by atoms with Crippen molar-refractivity contribution < 1.29 is 0 Å². The molecule has 0 aliphatic carbocycles. The summed E-state index contributed by atoms with van der Waals surface area (Å²) in [5, 5.41) is 3.02. The second kappa shape index (κ2) is 4.27. The van der Waals surface area contributed by atoms with Gasteiger partial charge in [-0.25, -0.2) is 0 Å². The molecule has 0 aliphatic rings. The van der Waals surface area contributed by atoms with Crippen molar-refractivity contribution in [2.24, 2.45) is 5.11 Å². The van der Waals surface area contributed by atoms with Crippen LogP contribution in [0.25, 0.3) is 10.4 Å². The van der Waals surface area contributed by atoms with Gasteiger partial charge in [0.05, 0.1) is 0 Å². The standard InChI is InChI=1S/C2H4N4/c3-1-2-5-6-4/h1-2H2. The molecule has 0 aromatic carbocycles. The molecule has 0 heterocycles. The average Bonchev–Trinajstić information content (AvgIpc) is 1.61. The van der Waals surface area contributed by atoms with Gasteiger partial charge in [-0.3, -0.25) is 0 Å². The van der Waals surface area contributed by atoms with E-state index in [1.807, 2.05) is 0 Å². The summed E-state index contributed by atoms with van der Waals surface area (Å²) in [6, 6.07) is 0. The minimum Gasteiger partial charge on any atom is -0.145 e. The van der Waals surface area contributed by atoms with Crippen LogP contribution in [0.3, 0.4) is 0 Å². The molecule has 4 heteroatoms. The summed E-state index contributed by atoms with van der Waals surface area (Å²) in [6.45, 7) is 0.112. The maximum Gasteiger partial charge on any atom is 0.0415 e. The Bertz CT molecular complexity index is 61.9. The van der Waals surface area contributed by atoms with E-state index in [0.29, 0.717) is 0 Å². The number of hydrogen-bond acceptors (Lipinski definition) is 1. The lowest BCUT2D eigenvalue weighted by Gasteiger charge is -1.69. The Hall–Kier alpha value is -0.730. The molecule has 0 N–H and O–H groups in total. The van der Waals surface area contributed by atoms with E-state index in [-0.39, 0.29) is 13.1 Å². The molecule has 0 aliphatic heterocycles. The molecule has 0 aromatic heterocycles. The highest BCUT2D eigenvalue weighted by atomic mass is 15.1. The van der Waals surface area contributed by atoms with Crippen LogP contribution in [-0.4, -0.2) is 13.1 Å². The van der Waals surface area contributed by atoms with E-state index < -0.39 is 0 Å². The Kier molecular flexibility index (Phi) is 3.75. The highest BCUT2D eigenvalue weighted by molar-refractivity contribution is 4.43. The number of azide groups is 1. The van der Waals surface area contributed by atoms with Gasteiger partial charge in [-0.1, -0.05) is 5.11 Å². The molecule has 0 saturated carbocycles. The zero-order chi connectivity index (χ0) is 4.83. The maximum absolute atomic E-state index is 7.93. The predicted octanol–water partition coefficient (Wildman–Crippen LogP) is 0.365. The molecule has 0 fully saturated rings. The molecule has 32 valence electrons. The van der Waals surface area contributed by atoms with E-state index in [0.717, 1.165) is 0 Å².